The average molecular weight is 185 g/mol. The van der Waals surface area contributed by atoms with E-state index in [1.807, 2.05) is 34.6 Å². The molecule has 1 rings (SSSR count). The zero-order chi connectivity index (χ0) is 10.4. The number of hydroxylamine groups is 2. The van der Waals surface area contributed by atoms with Crippen LogP contribution in [0.4, 0.5) is 0 Å². The number of hydrogen-bond donors (Lipinski definition) is 1. The van der Waals surface area contributed by atoms with E-state index in [1.54, 1.807) is 0 Å². The molecule has 13 heavy (non-hydrogen) atoms. The molecule has 2 atom stereocenters. The van der Waals surface area contributed by atoms with Crippen molar-refractivity contribution in [1.82, 2.24) is 5.06 Å². The topological polar surface area (TPSA) is 49.2 Å². The van der Waals surface area contributed by atoms with Crippen molar-refractivity contribution in [3.8, 4) is 0 Å². The van der Waals surface area contributed by atoms with E-state index in [9.17, 15) is 5.21 Å². The molecule has 0 amide bonds. The lowest BCUT2D eigenvalue weighted by Crippen LogP contribution is -2.48. The van der Waals surface area contributed by atoms with Crippen molar-refractivity contribution in [3.05, 3.63) is 0 Å². The highest BCUT2D eigenvalue weighted by Gasteiger charge is 2.53. The van der Waals surface area contributed by atoms with Crippen LogP contribution in [0.3, 0.4) is 0 Å². The van der Waals surface area contributed by atoms with E-state index in [0.717, 1.165) is 6.42 Å². The van der Waals surface area contributed by atoms with Gasteiger partial charge in [0.2, 0.25) is 0 Å². The van der Waals surface area contributed by atoms with Gasteiger partial charge in [0, 0.05) is 17.1 Å². The van der Waals surface area contributed by atoms with Crippen molar-refractivity contribution >= 4 is 0 Å². The van der Waals surface area contributed by atoms with Gasteiger partial charge in [-0.1, -0.05) is 0 Å². The zero-order valence-electron chi connectivity index (χ0n) is 9.29. The number of hydrogen-bond acceptors (Lipinski definition) is 2. The zero-order valence-corrected chi connectivity index (χ0v) is 9.29. The first-order valence-corrected chi connectivity index (χ1v) is 4.92. The molecule has 3 nitrogen and oxygen atoms in total. The van der Waals surface area contributed by atoms with Crippen molar-refractivity contribution < 1.29 is 5.21 Å². The first kappa shape index (κ1) is 11.0. The van der Waals surface area contributed by atoms with Gasteiger partial charge < -0.3 is 5.73 Å². The highest BCUT2D eigenvalue weighted by molar-refractivity contribution is 5.04. The van der Waals surface area contributed by atoms with Crippen molar-refractivity contribution in [2.45, 2.75) is 58.2 Å². The minimum atomic E-state index is -0.322. The third-order valence-corrected chi connectivity index (χ3v) is 3.33. The van der Waals surface area contributed by atoms with Crippen molar-refractivity contribution in [3.63, 3.8) is 0 Å². The molecule has 0 aromatic heterocycles. The summed E-state index contributed by atoms with van der Waals surface area (Å²) in [6, 6.07) is 0.0909. The molecule has 77 valence electrons. The predicted octanol–water partition coefficient (Wildman–Crippen LogP) is 1.56. The molecule has 1 aliphatic rings. The van der Waals surface area contributed by atoms with Crippen LogP contribution in [0.25, 0.3) is 0 Å². The van der Waals surface area contributed by atoms with Gasteiger partial charge in [0.05, 0.1) is 0 Å². The summed E-state index contributed by atoms with van der Waals surface area (Å²) < 4.78 is 0. The molecule has 0 saturated carbocycles. The molecule has 3 heteroatoms. The van der Waals surface area contributed by atoms with Crippen LogP contribution in [0.15, 0.2) is 0 Å². The van der Waals surface area contributed by atoms with Crippen LogP contribution in [-0.4, -0.2) is 22.2 Å². The fourth-order valence-electron chi connectivity index (χ4n) is 2.63. The summed E-state index contributed by atoms with van der Waals surface area (Å²) in [6.07, 6.45) is 0.890. The maximum absolute atomic E-state index is 11.9. The molecule has 0 bridgehead atoms. The van der Waals surface area contributed by atoms with Crippen LogP contribution in [0, 0.1) is 5.92 Å². The summed E-state index contributed by atoms with van der Waals surface area (Å²) in [7, 11) is 0. The first-order chi connectivity index (χ1) is 5.69. The Labute approximate surface area is 80.9 Å². The Morgan fingerprint density at radius 1 is 1.38 bits per heavy atom. The summed E-state index contributed by atoms with van der Waals surface area (Å²) in [5.41, 5.74) is 5.31. The van der Waals surface area contributed by atoms with E-state index in [4.69, 9.17) is 5.73 Å². The van der Waals surface area contributed by atoms with E-state index in [2.05, 4.69) is 0 Å². The minimum Gasteiger partial charge on any atom is -0.328 e. The number of rotatable bonds is 1. The van der Waals surface area contributed by atoms with Gasteiger partial charge >= 0.3 is 0 Å². The highest BCUT2D eigenvalue weighted by atomic mass is 16.5. The molecule has 1 radical (unpaired) electrons. The van der Waals surface area contributed by atoms with Gasteiger partial charge in [0.1, 0.15) is 0 Å². The van der Waals surface area contributed by atoms with Crippen molar-refractivity contribution in [1.29, 1.82) is 0 Å². The van der Waals surface area contributed by atoms with E-state index >= 15 is 0 Å². The summed E-state index contributed by atoms with van der Waals surface area (Å²) >= 11 is 0. The monoisotopic (exact) mass is 185 g/mol. The van der Waals surface area contributed by atoms with Crippen molar-refractivity contribution in [2.75, 3.05) is 0 Å². The van der Waals surface area contributed by atoms with Gasteiger partial charge in [-0.25, -0.2) is 0 Å². The van der Waals surface area contributed by atoms with Crippen molar-refractivity contribution in [2.24, 2.45) is 11.7 Å². The van der Waals surface area contributed by atoms with Crippen LogP contribution in [0.5, 0.6) is 0 Å². The third kappa shape index (κ3) is 1.60. The minimum absolute atomic E-state index is 0.0909. The fourth-order valence-corrected chi connectivity index (χ4v) is 2.63. The Bertz CT molecular complexity index is 199. The second-order valence-electron chi connectivity index (χ2n) is 5.43. The molecule has 1 heterocycles. The molecule has 1 saturated heterocycles. The van der Waals surface area contributed by atoms with E-state index in [-0.39, 0.29) is 17.1 Å². The predicted molar refractivity (Wildman–Crippen MR) is 52.4 cm³/mol. The summed E-state index contributed by atoms with van der Waals surface area (Å²) in [6.45, 7) is 9.95. The third-order valence-electron chi connectivity index (χ3n) is 3.33. The SMILES string of the molecule is CC(N)C1CC(C)(C)N([O])C1(C)C. The second kappa shape index (κ2) is 2.94. The number of nitrogens with two attached hydrogens (primary N) is 1. The van der Waals surface area contributed by atoms with Gasteiger partial charge in [-0.2, -0.15) is 0 Å². The molecule has 0 spiro atoms. The molecule has 0 aromatic carbocycles. The molecule has 1 aliphatic heterocycles. The molecule has 1 fully saturated rings. The average Bonchev–Trinajstić information content (AvgIpc) is 2.11. The Kier molecular flexibility index (Phi) is 2.48. The quantitative estimate of drug-likeness (QED) is 0.674. The number of nitrogens with zero attached hydrogens (tertiary/aromatic N) is 1. The molecular weight excluding hydrogens is 164 g/mol. The van der Waals surface area contributed by atoms with E-state index < -0.39 is 0 Å². The molecule has 0 aromatic rings. The van der Waals surface area contributed by atoms with E-state index in [1.165, 1.54) is 5.06 Å². The maximum Gasteiger partial charge on any atom is 0.0487 e. The van der Waals surface area contributed by atoms with Gasteiger partial charge in [0.25, 0.3) is 0 Å². The largest absolute Gasteiger partial charge is 0.328 e. The van der Waals surface area contributed by atoms with Crippen LogP contribution in [0.2, 0.25) is 0 Å². The van der Waals surface area contributed by atoms with Gasteiger partial charge in [-0.05, 0) is 47.0 Å². The molecular formula is C10H21N2O. The Hall–Kier alpha value is -0.120. The maximum atomic E-state index is 11.9. The van der Waals surface area contributed by atoms with Gasteiger partial charge in [0.15, 0.2) is 0 Å². The standard InChI is InChI=1S/C10H21N2O/c1-7(11)8-6-9(2,3)12(13)10(8,4)5/h7-8H,6,11H2,1-5H3. The summed E-state index contributed by atoms with van der Waals surface area (Å²) in [4.78, 5) is 0. The van der Waals surface area contributed by atoms with Crippen LogP contribution in [-0.2, 0) is 5.21 Å². The highest BCUT2D eigenvalue weighted by Crippen LogP contribution is 2.44. The normalized spacial score (nSPS) is 34.8. The lowest BCUT2D eigenvalue weighted by atomic mass is 9.82. The second-order valence-corrected chi connectivity index (χ2v) is 5.43. The smallest absolute Gasteiger partial charge is 0.0487 e. The van der Waals surface area contributed by atoms with Gasteiger partial charge in [-0.15, -0.1) is 10.3 Å². The molecule has 0 aliphatic carbocycles. The first-order valence-electron chi connectivity index (χ1n) is 4.92. The Balaban J connectivity index is 2.93. The van der Waals surface area contributed by atoms with Crippen LogP contribution in [0.1, 0.15) is 41.0 Å². The van der Waals surface area contributed by atoms with Gasteiger partial charge in [-0.3, -0.25) is 0 Å². The Morgan fingerprint density at radius 2 is 1.85 bits per heavy atom. The summed E-state index contributed by atoms with van der Waals surface area (Å²) in [5, 5.41) is 13.1. The summed E-state index contributed by atoms with van der Waals surface area (Å²) in [5.74, 6) is 0.292. The lowest BCUT2D eigenvalue weighted by molar-refractivity contribution is -0.248. The molecule has 2 unspecified atom stereocenters. The Morgan fingerprint density at radius 3 is 2.00 bits per heavy atom. The van der Waals surface area contributed by atoms with Crippen LogP contribution >= 0.6 is 0 Å². The van der Waals surface area contributed by atoms with E-state index in [0.29, 0.717) is 5.92 Å². The molecule has 2 N–H and O–H groups in total. The lowest BCUT2D eigenvalue weighted by Gasteiger charge is -2.34. The van der Waals surface area contributed by atoms with Crippen LogP contribution < -0.4 is 5.73 Å². The fraction of sp³-hybridized carbons (Fsp3) is 1.00.